The normalized spacial score (nSPS) is 13.3. The molecule has 0 unspecified atom stereocenters. The molecule has 2 aromatic rings. The van der Waals surface area contributed by atoms with Crippen LogP contribution in [0.4, 0.5) is 0 Å². The lowest BCUT2D eigenvalue weighted by molar-refractivity contribution is -0.144. The minimum Gasteiger partial charge on any atom is -0.452 e. The quantitative estimate of drug-likeness (QED) is 0.584. The van der Waals surface area contributed by atoms with Crippen molar-refractivity contribution in [1.82, 2.24) is 4.90 Å². The number of benzene rings is 2. The monoisotopic (exact) mass is 381 g/mol. The number of nitrogens with zero attached hydrogens (tertiary/aromatic N) is 1. The van der Waals surface area contributed by atoms with Crippen LogP contribution in [-0.2, 0) is 19.1 Å². The highest BCUT2D eigenvalue weighted by atomic mass is 16.5. The Morgan fingerprint density at radius 3 is 2.11 bits per heavy atom. The summed E-state index contributed by atoms with van der Waals surface area (Å²) in [4.78, 5) is 47.6. The van der Waals surface area contributed by atoms with Gasteiger partial charge in [-0.25, -0.2) is 4.79 Å². The summed E-state index contributed by atoms with van der Waals surface area (Å²) in [6.45, 7) is 1.26. The van der Waals surface area contributed by atoms with Gasteiger partial charge in [-0.05, 0) is 41.8 Å². The largest absolute Gasteiger partial charge is 0.452 e. The number of carbonyl (C=O) groups excluding carboxylic acids is 4. The van der Waals surface area contributed by atoms with Crippen LogP contribution in [0.15, 0.2) is 48.5 Å². The first-order valence-corrected chi connectivity index (χ1v) is 8.83. The number of esters is 2. The summed E-state index contributed by atoms with van der Waals surface area (Å²) in [6.07, 6.45) is 0.991. The maximum Gasteiger partial charge on any atom is 0.338 e. The molecule has 1 fully saturated rings. The van der Waals surface area contributed by atoms with Crippen LogP contribution in [0.1, 0.15) is 30.1 Å². The minimum atomic E-state index is -0.628. The molecular formula is C21H19NO6. The molecule has 0 aromatic heterocycles. The highest BCUT2D eigenvalue weighted by Gasteiger charge is 2.27. The van der Waals surface area contributed by atoms with Gasteiger partial charge in [-0.15, -0.1) is 0 Å². The van der Waals surface area contributed by atoms with E-state index in [9.17, 15) is 19.2 Å². The van der Waals surface area contributed by atoms with Crippen molar-refractivity contribution in [2.24, 2.45) is 0 Å². The van der Waals surface area contributed by atoms with E-state index in [0.29, 0.717) is 30.7 Å². The van der Waals surface area contributed by atoms with Crippen molar-refractivity contribution in [3.63, 3.8) is 0 Å². The van der Waals surface area contributed by atoms with Crippen LogP contribution in [0.25, 0.3) is 11.1 Å². The molecule has 1 saturated heterocycles. The van der Waals surface area contributed by atoms with Gasteiger partial charge >= 0.3 is 11.9 Å². The predicted molar refractivity (Wildman–Crippen MR) is 99.4 cm³/mol. The molecule has 0 aliphatic carbocycles. The molecular weight excluding hydrogens is 362 g/mol. The van der Waals surface area contributed by atoms with Crippen molar-refractivity contribution in [2.45, 2.75) is 19.8 Å². The summed E-state index contributed by atoms with van der Waals surface area (Å²) in [7, 11) is 0. The molecule has 144 valence electrons. The first-order valence-electron chi connectivity index (χ1n) is 8.83. The lowest BCUT2D eigenvalue weighted by Crippen LogP contribution is -2.35. The molecule has 7 heteroatoms. The van der Waals surface area contributed by atoms with Crippen molar-refractivity contribution in [2.75, 3.05) is 13.2 Å². The van der Waals surface area contributed by atoms with Gasteiger partial charge in [-0.1, -0.05) is 24.3 Å². The molecule has 0 bridgehead atoms. The van der Waals surface area contributed by atoms with E-state index < -0.39 is 18.5 Å². The number of imide groups is 1. The van der Waals surface area contributed by atoms with E-state index in [4.69, 9.17) is 9.47 Å². The standard InChI is InChI=1S/C21H19NO6/c1-14(23)28-18-10-8-16(9-11-18)15-4-6-17(7-5-15)21(26)27-13-20(25)22-12-2-3-19(22)24/h4-11H,2-3,12-13H2,1H3. The van der Waals surface area contributed by atoms with Gasteiger partial charge in [0, 0.05) is 19.9 Å². The molecule has 0 spiro atoms. The molecule has 2 aromatic carbocycles. The average Bonchev–Trinajstić information content (AvgIpc) is 3.12. The molecule has 3 rings (SSSR count). The van der Waals surface area contributed by atoms with Crippen LogP contribution in [0.5, 0.6) is 5.75 Å². The average molecular weight is 381 g/mol. The number of hydrogen-bond donors (Lipinski definition) is 0. The van der Waals surface area contributed by atoms with Gasteiger partial charge < -0.3 is 9.47 Å². The molecule has 1 aliphatic heterocycles. The summed E-state index contributed by atoms with van der Waals surface area (Å²) >= 11 is 0. The second kappa shape index (κ2) is 8.47. The Morgan fingerprint density at radius 2 is 1.57 bits per heavy atom. The number of amides is 2. The molecule has 1 aliphatic rings. The van der Waals surface area contributed by atoms with Gasteiger partial charge in [0.15, 0.2) is 6.61 Å². The number of likely N-dealkylation sites (tertiary alicyclic amines) is 1. The summed E-state index contributed by atoms with van der Waals surface area (Å²) in [5, 5.41) is 0. The topological polar surface area (TPSA) is 90.0 Å². The maximum atomic E-state index is 12.1. The third-order valence-corrected chi connectivity index (χ3v) is 4.27. The Morgan fingerprint density at radius 1 is 0.964 bits per heavy atom. The van der Waals surface area contributed by atoms with Crippen molar-refractivity contribution >= 4 is 23.8 Å². The smallest absolute Gasteiger partial charge is 0.338 e. The van der Waals surface area contributed by atoms with Crippen molar-refractivity contribution in [3.05, 3.63) is 54.1 Å². The Labute approximate surface area is 161 Å². The SMILES string of the molecule is CC(=O)Oc1ccc(-c2ccc(C(=O)OCC(=O)N3CCCC3=O)cc2)cc1. The molecule has 7 nitrogen and oxygen atoms in total. The maximum absolute atomic E-state index is 12.1. The van der Waals surface area contributed by atoms with E-state index in [1.807, 2.05) is 0 Å². The minimum absolute atomic E-state index is 0.231. The number of carbonyl (C=O) groups is 4. The second-order valence-corrected chi connectivity index (χ2v) is 6.31. The van der Waals surface area contributed by atoms with E-state index >= 15 is 0 Å². The van der Waals surface area contributed by atoms with Gasteiger partial charge in [-0.2, -0.15) is 0 Å². The lowest BCUT2D eigenvalue weighted by Gasteiger charge is -2.13. The Balaban J connectivity index is 1.58. The van der Waals surface area contributed by atoms with Crippen molar-refractivity contribution < 1.29 is 28.7 Å². The van der Waals surface area contributed by atoms with Gasteiger partial charge in [0.25, 0.3) is 5.91 Å². The van der Waals surface area contributed by atoms with Gasteiger partial charge in [-0.3, -0.25) is 19.3 Å². The molecule has 0 N–H and O–H groups in total. The highest BCUT2D eigenvalue weighted by molar-refractivity contribution is 5.98. The first-order chi connectivity index (χ1) is 13.4. The molecule has 1 heterocycles. The zero-order valence-corrected chi connectivity index (χ0v) is 15.3. The first kappa shape index (κ1) is 19.3. The highest BCUT2D eigenvalue weighted by Crippen LogP contribution is 2.23. The van der Waals surface area contributed by atoms with E-state index in [2.05, 4.69) is 0 Å². The van der Waals surface area contributed by atoms with Crippen molar-refractivity contribution in [1.29, 1.82) is 0 Å². The molecule has 0 saturated carbocycles. The third kappa shape index (κ3) is 4.62. The van der Waals surface area contributed by atoms with Gasteiger partial charge in [0.2, 0.25) is 5.91 Å². The molecule has 2 amide bonds. The molecule has 28 heavy (non-hydrogen) atoms. The summed E-state index contributed by atoms with van der Waals surface area (Å²) in [6, 6.07) is 13.7. The fraction of sp³-hybridized carbons (Fsp3) is 0.238. The number of hydrogen-bond acceptors (Lipinski definition) is 6. The third-order valence-electron chi connectivity index (χ3n) is 4.27. The zero-order valence-electron chi connectivity index (χ0n) is 15.3. The Kier molecular flexibility index (Phi) is 5.84. The number of ether oxygens (including phenoxy) is 2. The van der Waals surface area contributed by atoms with Crippen molar-refractivity contribution in [3.8, 4) is 16.9 Å². The van der Waals surface area contributed by atoms with Crippen LogP contribution in [0, 0.1) is 0 Å². The van der Waals surface area contributed by atoms with Crippen LogP contribution in [0.2, 0.25) is 0 Å². The zero-order chi connectivity index (χ0) is 20.1. The fourth-order valence-electron chi connectivity index (χ4n) is 2.88. The van der Waals surface area contributed by atoms with E-state index in [1.54, 1.807) is 48.5 Å². The van der Waals surface area contributed by atoms with Crippen LogP contribution < -0.4 is 4.74 Å². The van der Waals surface area contributed by atoms with Gasteiger partial charge in [0.05, 0.1) is 5.56 Å². The summed E-state index contributed by atoms with van der Waals surface area (Å²) in [5.41, 5.74) is 2.06. The van der Waals surface area contributed by atoms with Crippen LogP contribution in [0.3, 0.4) is 0 Å². The van der Waals surface area contributed by atoms with E-state index in [0.717, 1.165) is 16.0 Å². The number of rotatable bonds is 5. The predicted octanol–water partition coefficient (Wildman–Crippen LogP) is 2.58. The van der Waals surface area contributed by atoms with E-state index in [-0.39, 0.29) is 11.9 Å². The molecule has 0 atom stereocenters. The second-order valence-electron chi connectivity index (χ2n) is 6.31. The van der Waals surface area contributed by atoms with E-state index in [1.165, 1.54) is 6.92 Å². The van der Waals surface area contributed by atoms with Crippen LogP contribution >= 0.6 is 0 Å². The Bertz CT molecular complexity index is 901. The van der Waals surface area contributed by atoms with Gasteiger partial charge in [0.1, 0.15) is 5.75 Å². The summed E-state index contributed by atoms with van der Waals surface area (Å²) in [5.74, 6) is -1.29. The van der Waals surface area contributed by atoms with Crippen LogP contribution in [-0.4, -0.2) is 41.8 Å². The summed E-state index contributed by atoms with van der Waals surface area (Å²) < 4.78 is 10.0. The fourth-order valence-corrected chi connectivity index (χ4v) is 2.88. The Hall–Kier alpha value is -3.48. The molecule has 0 radical (unpaired) electrons. The lowest BCUT2D eigenvalue weighted by atomic mass is 10.0.